The van der Waals surface area contributed by atoms with Gasteiger partial charge in [0.15, 0.2) is 0 Å². The van der Waals surface area contributed by atoms with Crippen LogP contribution in [0.5, 0.6) is 0 Å². The van der Waals surface area contributed by atoms with Crippen LogP contribution >= 0.6 is 0 Å². The number of rotatable bonds is 6. The van der Waals surface area contributed by atoms with E-state index in [0.717, 1.165) is 37.3 Å². The second-order valence-electron chi connectivity index (χ2n) is 3.62. The summed E-state index contributed by atoms with van der Waals surface area (Å²) in [6.07, 6.45) is 8.05. The van der Waals surface area contributed by atoms with Gasteiger partial charge in [-0.15, -0.1) is 12.3 Å². The molecule has 1 aromatic rings. The summed E-state index contributed by atoms with van der Waals surface area (Å²) in [4.78, 5) is 0. The molecule has 0 aliphatic rings. The molecule has 82 valence electrons. The lowest BCUT2D eigenvalue weighted by molar-refractivity contribution is 0.421. The first-order chi connectivity index (χ1) is 7.30. The Morgan fingerprint density at radius 1 is 1.40 bits per heavy atom. The van der Waals surface area contributed by atoms with Crippen LogP contribution in [-0.4, -0.2) is 6.04 Å². The quantitative estimate of drug-likeness (QED) is 0.722. The van der Waals surface area contributed by atoms with E-state index in [1.54, 1.807) is 0 Å². The lowest BCUT2D eigenvalue weighted by Gasteiger charge is -2.12. The minimum absolute atomic E-state index is 0.394. The summed E-state index contributed by atoms with van der Waals surface area (Å²) in [6, 6.07) is 4.44. The third-order valence-corrected chi connectivity index (χ3v) is 2.49. The normalized spacial score (nSPS) is 12.3. The van der Waals surface area contributed by atoms with E-state index in [-0.39, 0.29) is 0 Å². The molecule has 2 heteroatoms. The van der Waals surface area contributed by atoms with Gasteiger partial charge >= 0.3 is 0 Å². The highest BCUT2D eigenvalue weighted by molar-refractivity contribution is 5.07. The maximum atomic E-state index is 5.59. The number of nitrogens with one attached hydrogen (secondary N) is 1. The molecule has 0 radical (unpaired) electrons. The van der Waals surface area contributed by atoms with Crippen LogP contribution in [-0.2, 0) is 13.0 Å². The average Bonchev–Trinajstić information content (AvgIpc) is 2.72. The van der Waals surface area contributed by atoms with Crippen molar-refractivity contribution in [1.29, 1.82) is 0 Å². The van der Waals surface area contributed by atoms with Crippen molar-refractivity contribution in [2.45, 2.75) is 45.7 Å². The number of hydrogen-bond acceptors (Lipinski definition) is 2. The van der Waals surface area contributed by atoms with Crippen molar-refractivity contribution in [2.75, 3.05) is 0 Å². The Bertz CT molecular complexity index is 322. The molecule has 1 rings (SSSR count). The largest absolute Gasteiger partial charge is 0.465 e. The number of hydrogen-bond donors (Lipinski definition) is 1. The van der Waals surface area contributed by atoms with Gasteiger partial charge in [-0.25, -0.2) is 0 Å². The molecule has 1 atom stereocenters. The fraction of sp³-hybridized carbons (Fsp3) is 0.538. The Hall–Kier alpha value is -1.20. The van der Waals surface area contributed by atoms with E-state index in [4.69, 9.17) is 10.8 Å². The van der Waals surface area contributed by atoms with Crippen molar-refractivity contribution >= 4 is 0 Å². The summed E-state index contributed by atoms with van der Waals surface area (Å²) in [5, 5.41) is 3.39. The van der Waals surface area contributed by atoms with Crippen molar-refractivity contribution in [1.82, 2.24) is 5.32 Å². The third kappa shape index (κ3) is 3.81. The highest BCUT2D eigenvalue weighted by Gasteiger charge is 2.05. The smallest absolute Gasteiger partial charge is 0.117 e. The first kappa shape index (κ1) is 11.9. The summed E-state index contributed by atoms with van der Waals surface area (Å²) in [7, 11) is 0. The molecule has 0 spiro atoms. The Labute approximate surface area is 92.1 Å². The van der Waals surface area contributed by atoms with E-state index < -0.39 is 0 Å². The SMILES string of the molecule is C#CCC(CC)NCc1ccc(CC)o1. The van der Waals surface area contributed by atoms with E-state index in [1.807, 2.05) is 12.1 Å². The maximum Gasteiger partial charge on any atom is 0.117 e. The summed E-state index contributed by atoms with van der Waals surface area (Å²) in [5.74, 6) is 4.71. The summed E-state index contributed by atoms with van der Waals surface area (Å²) >= 11 is 0. The predicted octanol–water partition coefficient (Wildman–Crippen LogP) is 2.73. The number of furan rings is 1. The molecule has 1 N–H and O–H groups in total. The van der Waals surface area contributed by atoms with E-state index >= 15 is 0 Å². The zero-order chi connectivity index (χ0) is 11.1. The summed E-state index contributed by atoms with van der Waals surface area (Å²) < 4.78 is 5.59. The molecule has 0 aliphatic carbocycles. The molecule has 0 amide bonds. The first-order valence-electron chi connectivity index (χ1n) is 5.54. The van der Waals surface area contributed by atoms with E-state index in [2.05, 4.69) is 25.1 Å². The molecule has 0 saturated heterocycles. The molecule has 0 saturated carbocycles. The molecule has 1 aromatic heterocycles. The monoisotopic (exact) mass is 205 g/mol. The van der Waals surface area contributed by atoms with Gasteiger partial charge in [0, 0.05) is 18.9 Å². The van der Waals surface area contributed by atoms with E-state index in [9.17, 15) is 0 Å². The van der Waals surface area contributed by atoms with Crippen LogP contribution in [0.4, 0.5) is 0 Å². The fourth-order valence-corrected chi connectivity index (χ4v) is 1.46. The molecule has 2 nitrogen and oxygen atoms in total. The highest BCUT2D eigenvalue weighted by Crippen LogP contribution is 2.08. The van der Waals surface area contributed by atoms with Gasteiger partial charge in [-0.3, -0.25) is 0 Å². The van der Waals surface area contributed by atoms with Gasteiger partial charge in [0.05, 0.1) is 6.54 Å². The van der Waals surface area contributed by atoms with Gasteiger partial charge in [-0.05, 0) is 18.6 Å². The Morgan fingerprint density at radius 2 is 2.13 bits per heavy atom. The molecule has 0 bridgehead atoms. The lowest BCUT2D eigenvalue weighted by Crippen LogP contribution is -2.27. The minimum atomic E-state index is 0.394. The maximum absolute atomic E-state index is 5.59. The van der Waals surface area contributed by atoms with Crippen LogP contribution in [0, 0.1) is 12.3 Å². The van der Waals surface area contributed by atoms with Crippen molar-refractivity contribution in [3.05, 3.63) is 23.7 Å². The number of terminal acetylenes is 1. The van der Waals surface area contributed by atoms with Gasteiger partial charge in [-0.1, -0.05) is 13.8 Å². The molecular weight excluding hydrogens is 186 g/mol. The Balaban J connectivity index is 2.38. The molecule has 15 heavy (non-hydrogen) atoms. The van der Waals surface area contributed by atoms with Gasteiger partial charge in [-0.2, -0.15) is 0 Å². The third-order valence-electron chi connectivity index (χ3n) is 2.49. The summed E-state index contributed by atoms with van der Waals surface area (Å²) in [5.41, 5.74) is 0. The van der Waals surface area contributed by atoms with Crippen molar-refractivity contribution in [3.63, 3.8) is 0 Å². The van der Waals surface area contributed by atoms with Gasteiger partial charge in [0.1, 0.15) is 11.5 Å². The summed E-state index contributed by atoms with van der Waals surface area (Å²) in [6.45, 7) is 4.98. The predicted molar refractivity (Wildman–Crippen MR) is 62.5 cm³/mol. The fourth-order valence-electron chi connectivity index (χ4n) is 1.46. The second-order valence-corrected chi connectivity index (χ2v) is 3.62. The molecule has 1 unspecified atom stereocenters. The average molecular weight is 205 g/mol. The first-order valence-corrected chi connectivity index (χ1v) is 5.54. The van der Waals surface area contributed by atoms with Crippen molar-refractivity contribution < 1.29 is 4.42 Å². The van der Waals surface area contributed by atoms with Crippen LogP contribution in [0.2, 0.25) is 0 Å². The lowest BCUT2D eigenvalue weighted by atomic mass is 10.1. The van der Waals surface area contributed by atoms with Gasteiger partial charge in [0.2, 0.25) is 0 Å². The van der Waals surface area contributed by atoms with Crippen LogP contribution < -0.4 is 5.32 Å². The molecule has 0 aliphatic heterocycles. The van der Waals surface area contributed by atoms with Crippen LogP contribution in [0.1, 0.15) is 38.2 Å². The minimum Gasteiger partial charge on any atom is -0.465 e. The molecule has 0 aromatic carbocycles. The Morgan fingerprint density at radius 3 is 2.67 bits per heavy atom. The van der Waals surface area contributed by atoms with Gasteiger partial charge in [0.25, 0.3) is 0 Å². The molecule has 1 heterocycles. The van der Waals surface area contributed by atoms with Crippen LogP contribution in [0.25, 0.3) is 0 Å². The van der Waals surface area contributed by atoms with Crippen LogP contribution in [0.3, 0.4) is 0 Å². The van der Waals surface area contributed by atoms with Gasteiger partial charge < -0.3 is 9.73 Å². The molecule has 0 fully saturated rings. The van der Waals surface area contributed by atoms with E-state index in [1.165, 1.54) is 0 Å². The zero-order valence-corrected chi connectivity index (χ0v) is 9.55. The standard InChI is InChI=1S/C13H19NO/c1-4-7-11(5-2)14-10-13-9-8-12(6-3)15-13/h1,8-9,11,14H,5-7,10H2,2-3H3. The van der Waals surface area contributed by atoms with Crippen LogP contribution in [0.15, 0.2) is 16.5 Å². The molecular formula is C13H19NO. The topological polar surface area (TPSA) is 25.2 Å². The highest BCUT2D eigenvalue weighted by atomic mass is 16.3. The van der Waals surface area contributed by atoms with Crippen molar-refractivity contribution in [3.8, 4) is 12.3 Å². The zero-order valence-electron chi connectivity index (χ0n) is 9.55. The van der Waals surface area contributed by atoms with E-state index in [0.29, 0.717) is 6.04 Å². The number of aryl methyl sites for hydroxylation is 1. The second kappa shape index (κ2) is 6.31. The van der Waals surface area contributed by atoms with Crippen molar-refractivity contribution in [2.24, 2.45) is 0 Å². The Kier molecular flexibility index (Phi) is 5.00.